The number of ether oxygens (including phenoxy) is 2. The number of nitrogens with one attached hydrogen (secondary N) is 2. The Labute approximate surface area is 202 Å². The SMILES string of the molecule is COc1ccc(CN(C(=S)Nc2cc(Cl)ccc2OC)C2CC(C)(C)NC(C)(C)C2)cc1. The molecule has 1 heterocycles. The standard InChI is InChI=1S/C25H34ClN3O2S/c1-24(2)14-19(15-25(3,4)28-24)29(16-17-7-10-20(30-5)11-8-17)23(32)27-21-13-18(26)9-12-22(21)31-6/h7-13,19,28H,14-16H2,1-6H3,(H,27,32). The van der Waals surface area contributed by atoms with Crippen molar-refractivity contribution in [1.82, 2.24) is 10.2 Å². The Morgan fingerprint density at radius 1 is 1.06 bits per heavy atom. The first-order valence-corrected chi connectivity index (χ1v) is 11.6. The van der Waals surface area contributed by atoms with Crippen molar-refractivity contribution in [2.24, 2.45) is 0 Å². The second kappa shape index (κ2) is 9.86. The van der Waals surface area contributed by atoms with Gasteiger partial charge in [-0.05, 0) is 88.6 Å². The van der Waals surface area contributed by atoms with Gasteiger partial charge in [0.2, 0.25) is 0 Å². The zero-order valence-corrected chi connectivity index (χ0v) is 21.4. The summed E-state index contributed by atoms with van der Waals surface area (Å²) in [6, 6.07) is 13.9. The number of benzene rings is 2. The van der Waals surface area contributed by atoms with Gasteiger partial charge in [-0.2, -0.15) is 0 Å². The molecule has 1 saturated heterocycles. The molecule has 1 fully saturated rings. The second-order valence-corrected chi connectivity index (χ2v) is 10.5. The Morgan fingerprint density at radius 2 is 1.69 bits per heavy atom. The lowest BCUT2D eigenvalue weighted by Crippen LogP contribution is -2.63. The van der Waals surface area contributed by atoms with Crippen molar-refractivity contribution in [3.63, 3.8) is 0 Å². The normalized spacial score (nSPS) is 17.5. The maximum absolute atomic E-state index is 6.25. The topological polar surface area (TPSA) is 45.8 Å². The van der Waals surface area contributed by atoms with E-state index in [0.29, 0.717) is 22.4 Å². The van der Waals surface area contributed by atoms with Crippen LogP contribution >= 0.6 is 23.8 Å². The van der Waals surface area contributed by atoms with E-state index in [4.69, 9.17) is 33.3 Å². The van der Waals surface area contributed by atoms with Crippen LogP contribution in [0.15, 0.2) is 42.5 Å². The van der Waals surface area contributed by atoms with Gasteiger partial charge in [-0.1, -0.05) is 23.7 Å². The summed E-state index contributed by atoms with van der Waals surface area (Å²) >= 11 is 12.2. The van der Waals surface area contributed by atoms with Crippen molar-refractivity contribution in [3.8, 4) is 11.5 Å². The third-order valence-corrected chi connectivity index (χ3v) is 6.36. The third-order valence-electron chi connectivity index (χ3n) is 5.79. The molecule has 0 unspecified atom stereocenters. The highest BCUT2D eigenvalue weighted by atomic mass is 35.5. The summed E-state index contributed by atoms with van der Waals surface area (Å²) in [6.45, 7) is 9.70. The molecule has 0 bridgehead atoms. The van der Waals surface area contributed by atoms with E-state index < -0.39 is 0 Å². The Bertz CT molecular complexity index is 931. The molecule has 174 valence electrons. The van der Waals surface area contributed by atoms with Gasteiger partial charge in [-0.3, -0.25) is 0 Å². The lowest BCUT2D eigenvalue weighted by molar-refractivity contribution is 0.101. The fourth-order valence-corrected chi connectivity index (χ4v) is 5.24. The van der Waals surface area contributed by atoms with Gasteiger partial charge in [0.1, 0.15) is 11.5 Å². The number of rotatable bonds is 6. The van der Waals surface area contributed by atoms with Crippen LogP contribution in [0.3, 0.4) is 0 Å². The van der Waals surface area contributed by atoms with Crippen LogP contribution in [0.25, 0.3) is 0 Å². The lowest BCUT2D eigenvalue weighted by atomic mass is 9.79. The molecule has 1 aliphatic rings. The molecule has 0 aliphatic carbocycles. The van der Waals surface area contributed by atoms with Crippen LogP contribution in [-0.4, -0.2) is 41.4 Å². The first kappa shape index (κ1) is 24.6. The molecule has 7 heteroatoms. The molecule has 2 aromatic rings. The van der Waals surface area contributed by atoms with Gasteiger partial charge in [0.05, 0.1) is 19.9 Å². The molecule has 3 rings (SSSR count). The van der Waals surface area contributed by atoms with Crippen LogP contribution < -0.4 is 20.1 Å². The van der Waals surface area contributed by atoms with Crippen LogP contribution in [0, 0.1) is 0 Å². The summed E-state index contributed by atoms with van der Waals surface area (Å²) in [6.07, 6.45) is 1.95. The van der Waals surface area contributed by atoms with Gasteiger partial charge < -0.3 is 25.0 Å². The summed E-state index contributed by atoms with van der Waals surface area (Å²) in [5.74, 6) is 1.54. The quantitative estimate of drug-likeness (QED) is 0.510. The minimum atomic E-state index is -0.00602. The van der Waals surface area contributed by atoms with Crippen LogP contribution in [0.2, 0.25) is 5.02 Å². The Balaban J connectivity index is 1.92. The summed E-state index contributed by atoms with van der Waals surface area (Å²) in [4.78, 5) is 2.29. The van der Waals surface area contributed by atoms with E-state index in [1.165, 1.54) is 5.56 Å². The molecule has 0 spiro atoms. The van der Waals surface area contributed by atoms with Crippen molar-refractivity contribution in [2.45, 2.75) is 64.2 Å². The van der Waals surface area contributed by atoms with Gasteiger partial charge in [0, 0.05) is 28.7 Å². The van der Waals surface area contributed by atoms with Crippen molar-refractivity contribution in [2.75, 3.05) is 19.5 Å². The van der Waals surface area contributed by atoms with Gasteiger partial charge in [-0.25, -0.2) is 0 Å². The number of thiocarbonyl (C=S) groups is 1. The first-order chi connectivity index (χ1) is 15.0. The van der Waals surface area contributed by atoms with Gasteiger partial charge in [-0.15, -0.1) is 0 Å². The molecule has 0 radical (unpaired) electrons. The predicted octanol–water partition coefficient (Wildman–Crippen LogP) is 5.87. The highest BCUT2D eigenvalue weighted by molar-refractivity contribution is 7.80. The van der Waals surface area contributed by atoms with E-state index in [-0.39, 0.29) is 17.1 Å². The first-order valence-electron chi connectivity index (χ1n) is 10.9. The molecular formula is C25H34ClN3O2S. The minimum Gasteiger partial charge on any atom is -0.497 e. The highest BCUT2D eigenvalue weighted by Crippen LogP contribution is 2.34. The van der Waals surface area contributed by atoms with Crippen LogP contribution in [0.1, 0.15) is 46.1 Å². The third kappa shape index (κ3) is 6.27. The molecule has 2 aromatic carbocycles. The Kier molecular flexibility index (Phi) is 7.58. The largest absolute Gasteiger partial charge is 0.497 e. The molecule has 1 aliphatic heterocycles. The number of anilines is 1. The van der Waals surface area contributed by atoms with Gasteiger partial charge in [0.15, 0.2) is 5.11 Å². The molecule has 0 atom stereocenters. The summed E-state index contributed by atoms with van der Waals surface area (Å²) in [5.41, 5.74) is 1.92. The minimum absolute atomic E-state index is 0.00602. The van der Waals surface area contributed by atoms with Gasteiger partial charge >= 0.3 is 0 Å². The molecule has 32 heavy (non-hydrogen) atoms. The second-order valence-electron chi connectivity index (χ2n) is 9.71. The van der Waals surface area contributed by atoms with Crippen molar-refractivity contribution in [3.05, 3.63) is 53.1 Å². The zero-order chi connectivity index (χ0) is 23.5. The van der Waals surface area contributed by atoms with Crippen molar-refractivity contribution in [1.29, 1.82) is 0 Å². The van der Waals surface area contributed by atoms with Crippen LogP contribution in [0.5, 0.6) is 11.5 Å². The maximum atomic E-state index is 6.25. The van der Waals surface area contributed by atoms with Crippen molar-refractivity contribution >= 4 is 34.6 Å². The molecule has 2 N–H and O–H groups in total. The highest BCUT2D eigenvalue weighted by Gasteiger charge is 2.40. The number of hydrogen-bond acceptors (Lipinski definition) is 4. The van der Waals surface area contributed by atoms with Crippen LogP contribution in [0.4, 0.5) is 5.69 Å². The van der Waals surface area contributed by atoms with Gasteiger partial charge in [0.25, 0.3) is 0 Å². The molecule has 0 aromatic heterocycles. The number of halogens is 1. The fraction of sp³-hybridized carbons (Fsp3) is 0.480. The number of hydrogen-bond donors (Lipinski definition) is 2. The number of piperidine rings is 1. The van der Waals surface area contributed by atoms with Crippen LogP contribution in [-0.2, 0) is 6.54 Å². The van der Waals surface area contributed by atoms with Crippen molar-refractivity contribution < 1.29 is 9.47 Å². The van der Waals surface area contributed by atoms with E-state index in [0.717, 1.165) is 24.3 Å². The number of methoxy groups -OCH3 is 2. The fourth-order valence-electron chi connectivity index (χ4n) is 4.75. The Hall–Kier alpha value is -2.02. The van der Waals surface area contributed by atoms with E-state index in [2.05, 4.69) is 55.4 Å². The summed E-state index contributed by atoms with van der Waals surface area (Å²) < 4.78 is 10.8. The smallest absolute Gasteiger partial charge is 0.174 e. The molecule has 0 amide bonds. The Morgan fingerprint density at radius 3 is 2.25 bits per heavy atom. The van der Waals surface area contributed by atoms with E-state index >= 15 is 0 Å². The monoisotopic (exact) mass is 475 g/mol. The average molecular weight is 476 g/mol. The number of nitrogens with zero attached hydrogens (tertiary/aromatic N) is 1. The van der Waals surface area contributed by atoms with E-state index in [1.807, 2.05) is 30.3 Å². The zero-order valence-electron chi connectivity index (χ0n) is 19.8. The van der Waals surface area contributed by atoms with E-state index in [1.54, 1.807) is 14.2 Å². The summed E-state index contributed by atoms with van der Waals surface area (Å²) in [7, 11) is 3.32. The van der Waals surface area contributed by atoms with E-state index in [9.17, 15) is 0 Å². The molecule has 0 saturated carbocycles. The average Bonchev–Trinajstić information content (AvgIpc) is 2.70. The maximum Gasteiger partial charge on any atom is 0.174 e. The molecular weight excluding hydrogens is 442 g/mol. The lowest BCUT2D eigenvalue weighted by Gasteiger charge is -2.50. The predicted molar refractivity (Wildman–Crippen MR) is 137 cm³/mol. The molecule has 5 nitrogen and oxygen atoms in total. The summed E-state index contributed by atoms with van der Waals surface area (Å²) in [5, 5.41) is 8.45.